The van der Waals surface area contributed by atoms with Crippen molar-refractivity contribution in [3.63, 3.8) is 0 Å². The van der Waals surface area contributed by atoms with Crippen LogP contribution in [0.1, 0.15) is 89.0 Å². The van der Waals surface area contributed by atoms with E-state index in [1.54, 1.807) is 4.90 Å². The smallest absolute Gasteiger partial charge is 0.410 e. The number of aromatic nitrogens is 5. The number of nitrogens with one attached hydrogen (secondary N) is 1. The standard InChI is InChI=1S/C33H44N6O3/c1-8-12-27-22(4)35-31(36-27)30-25-17-23(14-15-28(25)39(37-30)29-13-10-11-16-41-29)26-19-34-18-24(21(26)3)20-38(9-2)32(40)42-33(5,6)7/h14-15,17-19,29H,8-13,16,20H2,1-7H3,(H,35,36). The van der Waals surface area contributed by atoms with Crippen LogP contribution in [0, 0.1) is 13.8 Å². The van der Waals surface area contributed by atoms with Gasteiger partial charge < -0.3 is 19.4 Å². The summed E-state index contributed by atoms with van der Waals surface area (Å²) in [4.78, 5) is 27.6. The summed E-state index contributed by atoms with van der Waals surface area (Å²) in [5.41, 5.74) is 7.58. The summed E-state index contributed by atoms with van der Waals surface area (Å²) in [5.74, 6) is 0.784. The number of aromatic amines is 1. The number of H-pyrrole nitrogens is 1. The number of fused-ring (bicyclic) bond motifs is 1. The summed E-state index contributed by atoms with van der Waals surface area (Å²) >= 11 is 0. The second-order valence-electron chi connectivity index (χ2n) is 12.2. The van der Waals surface area contributed by atoms with Gasteiger partial charge in [0.15, 0.2) is 12.1 Å². The highest BCUT2D eigenvalue weighted by atomic mass is 16.6. The van der Waals surface area contributed by atoms with Crippen LogP contribution in [0.4, 0.5) is 4.79 Å². The van der Waals surface area contributed by atoms with Gasteiger partial charge in [-0.1, -0.05) is 19.4 Å². The van der Waals surface area contributed by atoms with E-state index in [-0.39, 0.29) is 12.3 Å². The first kappa shape index (κ1) is 29.8. The third kappa shape index (κ3) is 6.21. The third-order valence-corrected chi connectivity index (χ3v) is 7.86. The maximum absolute atomic E-state index is 12.8. The van der Waals surface area contributed by atoms with Crippen molar-refractivity contribution < 1.29 is 14.3 Å². The number of aryl methyl sites for hydroxylation is 2. The highest BCUT2D eigenvalue weighted by Crippen LogP contribution is 2.36. The number of amides is 1. The molecule has 1 atom stereocenters. The Morgan fingerprint density at radius 1 is 1.19 bits per heavy atom. The van der Waals surface area contributed by atoms with Crippen LogP contribution in [0.3, 0.4) is 0 Å². The molecule has 1 aromatic carbocycles. The second-order valence-corrected chi connectivity index (χ2v) is 12.2. The largest absolute Gasteiger partial charge is 0.444 e. The number of imidazole rings is 1. The van der Waals surface area contributed by atoms with E-state index in [0.717, 1.165) is 94.8 Å². The molecule has 9 nitrogen and oxygen atoms in total. The highest BCUT2D eigenvalue weighted by molar-refractivity contribution is 5.95. The van der Waals surface area contributed by atoms with Gasteiger partial charge >= 0.3 is 6.09 Å². The monoisotopic (exact) mass is 572 g/mol. The molecular formula is C33H44N6O3. The number of carbonyl (C=O) groups excluding carboxylic acids is 1. The van der Waals surface area contributed by atoms with Crippen molar-refractivity contribution in [2.75, 3.05) is 13.2 Å². The number of rotatable bonds is 8. The Morgan fingerprint density at radius 3 is 2.69 bits per heavy atom. The first-order valence-electron chi connectivity index (χ1n) is 15.2. The molecule has 0 radical (unpaired) electrons. The molecule has 1 fully saturated rings. The summed E-state index contributed by atoms with van der Waals surface area (Å²) in [6, 6.07) is 6.45. The summed E-state index contributed by atoms with van der Waals surface area (Å²) in [6.45, 7) is 15.7. The molecule has 1 amide bonds. The average Bonchev–Trinajstić information content (AvgIpc) is 3.52. The molecule has 1 N–H and O–H groups in total. The molecule has 5 rings (SSSR count). The number of hydrogen-bond donors (Lipinski definition) is 1. The molecule has 1 saturated heterocycles. The zero-order valence-corrected chi connectivity index (χ0v) is 26.1. The Hall–Kier alpha value is -3.72. The van der Waals surface area contributed by atoms with Gasteiger partial charge in [0, 0.05) is 42.2 Å². The van der Waals surface area contributed by atoms with Crippen LogP contribution < -0.4 is 0 Å². The van der Waals surface area contributed by atoms with Crippen molar-refractivity contribution >= 4 is 17.0 Å². The van der Waals surface area contributed by atoms with Crippen LogP contribution >= 0.6 is 0 Å². The lowest BCUT2D eigenvalue weighted by Crippen LogP contribution is -2.36. The van der Waals surface area contributed by atoms with Crippen LogP contribution in [0.15, 0.2) is 30.6 Å². The molecule has 224 valence electrons. The second kappa shape index (κ2) is 12.3. The van der Waals surface area contributed by atoms with E-state index in [1.165, 1.54) is 0 Å². The predicted octanol–water partition coefficient (Wildman–Crippen LogP) is 7.51. The molecule has 1 aliphatic rings. The van der Waals surface area contributed by atoms with Crippen molar-refractivity contribution in [2.45, 2.75) is 98.9 Å². The van der Waals surface area contributed by atoms with Gasteiger partial charge in [-0.25, -0.2) is 14.5 Å². The van der Waals surface area contributed by atoms with Crippen molar-refractivity contribution in [1.29, 1.82) is 0 Å². The van der Waals surface area contributed by atoms with Crippen molar-refractivity contribution in [3.05, 3.63) is 53.1 Å². The lowest BCUT2D eigenvalue weighted by atomic mass is 9.97. The number of hydrogen-bond acceptors (Lipinski definition) is 6. The molecule has 42 heavy (non-hydrogen) atoms. The molecule has 9 heteroatoms. The Balaban J connectivity index is 1.56. The Labute approximate surface area is 248 Å². The van der Waals surface area contributed by atoms with Crippen molar-refractivity contribution in [1.82, 2.24) is 29.6 Å². The summed E-state index contributed by atoms with van der Waals surface area (Å²) < 4.78 is 13.8. The molecule has 0 saturated carbocycles. The molecule has 0 aliphatic carbocycles. The number of pyridine rings is 1. The van der Waals surface area contributed by atoms with Crippen molar-refractivity contribution in [3.8, 4) is 22.6 Å². The molecular weight excluding hydrogens is 528 g/mol. The van der Waals surface area contributed by atoms with E-state index in [2.05, 4.69) is 48.9 Å². The van der Waals surface area contributed by atoms with Gasteiger partial charge in [0.05, 0.1) is 17.8 Å². The van der Waals surface area contributed by atoms with Crippen molar-refractivity contribution in [2.24, 2.45) is 0 Å². The van der Waals surface area contributed by atoms with E-state index in [9.17, 15) is 4.79 Å². The van der Waals surface area contributed by atoms with Gasteiger partial charge in [-0.05, 0) is 96.0 Å². The normalized spacial score (nSPS) is 15.7. The SMILES string of the molecule is CCCc1nc(-c2nn(C3CCCCO3)c3ccc(-c4cncc(CN(CC)C(=O)OC(C)(C)C)c4C)cc23)[nH]c1C. The lowest BCUT2D eigenvalue weighted by molar-refractivity contribution is -0.0365. The van der Waals surface area contributed by atoms with Crippen LogP contribution in [0.5, 0.6) is 0 Å². The third-order valence-electron chi connectivity index (χ3n) is 7.86. The number of ether oxygens (including phenoxy) is 2. The number of nitrogens with zero attached hydrogens (tertiary/aromatic N) is 5. The van der Waals surface area contributed by atoms with Crippen LogP contribution in [0.25, 0.3) is 33.5 Å². The maximum atomic E-state index is 12.8. The van der Waals surface area contributed by atoms with Gasteiger partial charge in [-0.15, -0.1) is 0 Å². The molecule has 0 spiro atoms. The average molecular weight is 573 g/mol. The summed E-state index contributed by atoms with van der Waals surface area (Å²) in [5, 5.41) is 6.12. The minimum Gasteiger partial charge on any atom is -0.444 e. The van der Waals surface area contributed by atoms with E-state index >= 15 is 0 Å². The molecule has 4 heterocycles. The Bertz CT molecular complexity index is 1560. The fraction of sp³-hybridized carbons (Fsp3) is 0.515. The first-order valence-corrected chi connectivity index (χ1v) is 15.2. The van der Waals surface area contributed by atoms with E-state index in [0.29, 0.717) is 13.1 Å². The Kier molecular flexibility index (Phi) is 8.68. The minimum atomic E-state index is -0.552. The fourth-order valence-electron chi connectivity index (χ4n) is 5.56. The number of carbonyl (C=O) groups is 1. The molecule has 1 unspecified atom stereocenters. The molecule has 3 aromatic heterocycles. The predicted molar refractivity (Wildman–Crippen MR) is 165 cm³/mol. The summed E-state index contributed by atoms with van der Waals surface area (Å²) in [6.07, 6.45) is 8.42. The maximum Gasteiger partial charge on any atom is 0.410 e. The zero-order valence-electron chi connectivity index (χ0n) is 26.1. The lowest BCUT2D eigenvalue weighted by Gasteiger charge is -2.27. The van der Waals surface area contributed by atoms with Gasteiger partial charge in [-0.2, -0.15) is 5.10 Å². The van der Waals surface area contributed by atoms with Crippen LogP contribution in [0.2, 0.25) is 0 Å². The minimum absolute atomic E-state index is 0.0911. The molecule has 4 aromatic rings. The van der Waals surface area contributed by atoms with E-state index < -0.39 is 5.60 Å². The topological polar surface area (TPSA) is 98.2 Å². The van der Waals surface area contributed by atoms with E-state index in [1.807, 2.05) is 44.8 Å². The van der Waals surface area contributed by atoms with Crippen LogP contribution in [-0.2, 0) is 22.4 Å². The van der Waals surface area contributed by atoms with Gasteiger partial charge in [0.1, 0.15) is 11.3 Å². The summed E-state index contributed by atoms with van der Waals surface area (Å²) in [7, 11) is 0. The van der Waals surface area contributed by atoms with Crippen LogP contribution in [-0.4, -0.2) is 54.5 Å². The molecule has 1 aliphatic heterocycles. The highest BCUT2D eigenvalue weighted by Gasteiger charge is 2.25. The first-order chi connectivity index (χ1) is 20.1. The fourth-order valence-corrected chi connectivity index (χ4v) is 5.56. The van der Waals surface area contributed by atoms with Gasteiger partial charge in [0.2, 0.25) is 0 Å². The Morgan fingerprint density at radius 2 is 2.00 bits per heavy atom. The van der Waals surface area contributed by atoms with Gasteiger partial charge in [-0.3, -0.25) is 4.98 Å². The van der Waals surface area contributed by atoms with Gasteiger partial charge in [0.25, 0.3) is 0 Å². The molecule has 0 bridgehead atoms. The zero-order chi connectivity index (χ0) is 30.0. The quantitative estimate of drug-likeness (QED) is 0.235. The number of benzene rings is 1. The van der Waals surface area contributed by atoms with E-state index in [4.69, 9.17) is 19.6 Å².